The minimum absolute atomic E-state index is 0.262. The Balaban J connectivity index is 3.72. The summed E-state index contributed by atoms with van der Waals surface area (Å²) in [6, 6.07) is 0. The first-order chi connectivity index (χ1) is 9.04. The van der Waals surface area contributed by atoms with Crippen LogP contribution < -0.4 is 0 Å². The van der Waals surface area contributed by atoms with Crippen molar-refractivity contribution in [1.29, 1.82) is 0 Å². The Morgan fingerprint density at radius 2 is 0.950 bits per heavy atom. The Labute approximate surface area is 124 Å². The first-order valence-electron chi connectivity index (χ1n) is 7.67. The van der Waals surface area contributed by atoms with E-state index in [9.17, 15) is 9.59 Å². The van der Waals surface area contributed by atoms with Gasteiger partial charge in [-0.3, -0.25) is 9.59 Å². The molecule has 0 amide bonds. The molecule has 0 rings (SSSR count). The molecule has 0 saturated carbocycles. The van der Waals surface area contributed by atoms with Crippen LogP contribution in [0, 0.1) is 0 Å². The molecule has 118 valence electrons. The fraction of sp³-hybridized carbons (Fsp3) is 0.875. The van der Waals surface area contributed by atoms with Crippen LogP contribution in [-0.2, 0) is 9.59 Å². The number of Topliss-reactive ketones (excluding diaryl/α,β-unsaturated/α-hetero) is 2. The Morgan fingerprint density at radius 1 is 0.650 bits per heavy atom. The van der Waals surface area contributed by atoms with Crippen molar-refractivity contribution < 1.29 is 18.6 Å². The molecule has 0 atom stereocenters. The van der Waals surface area contributed by atoms with Gasteiger partial charge in [0.2, 0.25) is 0 Å². The second-order valence-corrected chi connectivity index (χ2v) is 7.45. The Morgan fingerprint density at radius 3 is 1.20 bits per heavy atom. The molecule has 0 saturated heterocycles. The molecule has 0 aliphatic rings. The SMILES string of the molecule is CC(=O)C[N+](C)(C)CCCCCC[N+](C)(C)CC(C)=O. The third-order valence-corrected chi connectivity index (χ3v) is 3.58. The van der Waals surface area contributed by atoms with Crippen LogP contribution in [0.1, 0.15) is 39.5 Å². The van der Waals surface area contributed by atoms with E-state index in [1.54, 1.807) is 13.8 Å². The number of carbonyl (C=O) groups excluding carboxylic acids is 2. The largest absolute Gasteiger partial charge is 0.322 e. The van der Waals surface area contributed by atoms with Crippen LogP contribution in [0.5, 0.6) is 0 Å². The van der Waals surface area contributed by atoms with Crippen molar-refractivity contribution in [3.8, 4) is 0 Å². The maximum Gasteiger partial charge on any atom is 0.183 e. The molecule has 0 heterocycles. The van der Waals surface area contributed by atoms with Crippen LogP contribution in [0.15, 0.2) is 0 Å². The van der Waals surface area contributed by atoms with Gasteiger partial charge in [0.25, 0.3) is 0 Å². The normalized spacial score (nSPS) is 12.5. The van der Waals surface area contributed by atoms with Gasteiger partial charge in [0.1, 0.15) is 13.1 Å². The molecule has 0 radical (unpaired) electrons. The zero-order valence-electron chi connectivity index (χ0n) is 14.4. The van der Waals surface area contributed by atoms with Gasteiger partial charge in [0.15, 0.2) is 11.6 Å². The Hall–Kier alpha value is -0.740. The summed E-state index contributed by atoms with van der Waals surface area (Å²) in [6.45, 7) is 6.70. The highest BCUT2D eigenvalue weighted by Gasteiger charge is 2.18. The first kappa shape index (κ1) is 19.3. The lowest BCUT2D eigenvalue weighted by molar-refractivity contribution is -0.883. The minimum atomic E-state index is 0.262. The van der Waals surface area contributed by atoms with Crippen LogP contribution in [-0.4, -0.2) is 74.9 Å². The van der Waals surface area contributed by atoms with Gasteiger partial charge >= 0.3 is 0 Å². The summed E-state index contributed by atoms with van der Waals surface area (Å²) in [7, 11) is 8.48. The van der Waals surface area contributed by atoms with Crippen LogP contribution in [0.4, 0.5) is 0 Å². The van der Waals surface area contributed by atoms with Gasteiger partial charge in [-0.15, -0.1) is 0 Å². The van der Waals surface area contributed by atoms with Crippen LogP contribution in [0.25, 0.3) is 0 Å². The Kier molecular flexibility index (Phi) is 8.21. The maximum atomic E-state index is 11.1. The van der Waals surface area contributed by atoms with E-state index in [0.717, 1.165) is 22.1 Å². The summed E-state index contributed by atoms with van der Waals surface area (Å²) in [6.07, 6.45) is 4.75. The van der Waals surface area contributed by atoms with E-state index < -0.39 is 0 Å². The van der Waals surface area contributed by atoms with Crippen LogP contribution in [0.3, 0.4) is 0 Å². The fourth-order valence-electron chi connectivity index (χ4n) is 2.80. The minimum Gasteiger partial charge on any atom is -0.322 e. The summed E-state index contributed by atoms with van der Waals surface area (Å²) in [5.74, 6) is 0.525. The number of carbonyl (C=O) groups is 2. The van der Waals surface area contributed by atoms with E-state index in [1.807, 2.05) is 0 Å². The van der Waals surface area contributed by atoms with E-state index in [1.165, 1.54) is 25.7 Å². The molecule has 4 heteroatoms. The van der Waals surface area contributed by atoms with Gasteiger partial charge in [0, 0.05) is 13.8 Å². The highest BCUT2D eigenvalue weighted by Crippen LogP contribution is 2.08. The third kappa shape index (κ3) is 11.1. The maximum absolute atomic E-state index is 11.1. The average Bonchev–Trinajstić information content (AvgIpc) is 2.19. The van der Waals surface area contributed by atoms with Gasteiger partial charge < -0.3 is 8.97 Å². The highest BCUT2D eigenvalue weighted by atomic mass is 16.1. The molecule has 0 aromatic carbocycles. The monoisotopic (exact) mass is 286 g/mol. The summed E-state index contributed by atoms with van der Waals surface area (Å²) in [4.78, 5) is 22.3. The van der Waals surface area contributed by atoms with Crippen molar-refractivity contribution in [3.05, 3.63) is 0 Å². The van der Waals surface area contributed by atoms with Crippen molar-refractivity contribution in [2.75, 3.05) is 54.4 Å². The summed E-state index contributed by atoms with van der Waals surface area (Å²) in [5, 5.41) is 0. The average molecular weight is 286 g/mol. The van der Waals surface area contributed by atoms with E-state index in [0.29, 0.717) is 13.1 Å². The molecule has 0 N–H and O–H groups in total. The van der Waals surface area contributed by atoms with E-state index in [2.05, 4.69) is 28.2 Å². The van der Waals surface area contributed by atoms with Gasteiger partial charge in [-0.2, -0.15) is 0 Å². The zero-order valence-corrected chi connectivity index (χ0v) is 14.4. The smallest absolute Gasteiger partial charge is 0.183 e. The number of ketones is 2. The number of rotatable bonds is 11. The number of likely N-dealkylation sites (N-methyl/N-ethyl adjacent to an activating group) is 2. The van der Waals surface area contributed by atoms with E-state index in [4.69, 9.17) is 0 Å². The topological polar surface area (TPSA) is 34.1 Å². The second kappa shape index (κ2) is 8.53. The Bertz CT molecular complexity index is 290. The summed E-state index contributed by atoms with van der Waals surface area (Å²) >= 11 is 0. The number of nitrogens with zero attached hydrogens (tertiary/aromatic N) is 2. The lowest BCUT2D eigenvalue weighted by atomic mass is 10.1. The quantitative estimate of drug-likeness (QED) is 0.429. The second-order valence-electron chi connectivity index (χ2n) is 7.45. The number of quaternary nitrogens is 2. The van der Waals surface area contributed by atoms with Gasteiger partial charge in [-0.25, -0.2) is 0 Å². The molecule has 0 aromatic rings. The summed E-state index contributed by atoms with van der Waals surface area (Å²) < 4.78 is 1.59. The molecule has 0 bridgehead atoms. The third-order valence-electron chi connectivity index (χ3n) is 3.58. The van der Waals surface area contributed by atoms with Crippen LogP contribution >= 0.6 is 0 Å². The fourth-order valence-corrected chi connectivity index (χ4v) is 2.80. The molecule has 0 unspecified atom stereocenters. The first-order valence-corrected chi connectivity index (χ1v) is 7.67. The molecule has 0 aliphatic carbocycles. The molecule has 0 aliphatic heterocycles. The van der Waals surface area contributed by atoms with Crippen LogP contribution in [0.2, 0.25) is 0 Å². The standard InChI is InChI=1S/C16H34N2O2/c1-15(19)13-17(3,4)11-9-7-8-10-12-18(5,6)14-16(2)20/h7-14H2,1-6H3/q+2. The lowest BCUT2D eigenvalue weighted by Crippen LogP contribution is -2.44. The molecule has 0 fully saturated rings. The molecular formula is C16H34N2O2+2. The molecule has 4 nitrogen and oxygen atoms in total. The molecule has 0 aromatic heterocycles. The molecular weight excluding hydrogens is 252 g/mol. The van der Waals surface area contributed by atoms with E-state index in [-0.39, 0.29) is 11.6 Å². The van der Waals surface area contributed by atoms with Crippen molar-refractivity contribution in [3.63, 3.8) is 0 Å². The highest BCUT2D eigenvalue weighted by molar-refractivity contribution is 5.76. The molecule has 20 heavy (non-hydrogen) atoms. The van der Waals surface area contributed by atoms with Crippen molar-refractivity contribution in [2.45, 2.75) is 39.5 Å². The van der Waals surface area contributed by atoms with Gasteiger partial charge in [-0.1, -0.05) is 0 Å². The van der Waals surface area contributed by atoms with Crippen molar-refractivity contribution >= 4 is 11.6 Å². The predicted molar refractivity (Wildman–Crippen MR) is 83.5 cm³/mol. The van der Waals surface area contributed by atoms with Gasteiger partial charge in [-0.05, 0) is 25.7 Å². The number of hydrogen-bond donors (Lipinski definition) is 0. The van der Waals surface area contributed by atoms with Crippen molar-refractivity contribution in [2.24, 2.45) is 0 Å². The number of unbranched alkanes of at least 4 members (excludes halogenated alkanes) is 3. The van der Waals surface area contributed by atoms with E-state index >= 15 is 0 Å². The lowest BCUT2D eigenvalue weighted by Gasteiger charge is -2.29. The van der Waals surface area contributed by atoms with Crippen molar-refractivity contribution in [1.82, 2.24) is 0 Å². The number of hydrogen-bond acceptors (Lipinski definition) is 2. The summed E-state index contributed by atoms with van der Waals surface area (Å²) in [5.41, 5.74) is 0. The zero-order chi connectivity index (χ0) is 15.8. The molecule has 0 spiro atoms. The predicted octanol–water partition coefficient (Wildman–Crippen LogP) is 1.88. The van der Waals surface area contributed by atoms with Gasteiger partial charge in [0.05, 0.1) is 41.3 Å².